The van der Waals surface area contributed by atoms with Gasteiger partial charge in [0.2, 0.25) is 0 Å². The molecule has 2 atom stereocenters. The van der Waals surface area contributed by atoms with Crippen LogP contribution in [-0.2, 0) is 4.74 Å². The Morgan fingerprint density at radius 1 is 1.39 bits per heavy atom. The van der Waals surface area contributed by atoms with E-state index in [4.69, 9.17) is 4.74 Å². The van der Waals surface area contributed by atoms with E-state index in [2.05, 4.69) is 10.6 Å². The summed E-state index contributed by atoms with van der Waals surface area (Å²) in [7, 11) is 0. The number of urea groups is 1. The molecule has 0 bridgehead atoms. The van der Waals surface area contributed by atoms with Crippen LogP contribution in [0, 0.1) is 15.5 Å². The average molecular weight is 319 g/mol. The lowest BCUT2D eigenvalue weighted by atomic mass is 9.51. The quantitative estimate of drug-likeness (QED) is 0.644. The van der Waals surface area contributed by atoms with E-state index in [1.54, 1.807) is 0 Å². The number of amides is 2. The molecular weight excluding hydrogens is 298 g/mol. The summed E-state index contributed by atoms with van der Waals surface area (Å²) in [5.41, 5.74) is 0.655. The summed E-state index contributed by atoms with van der Waals surface area (Å²) < 4.78 is 5.77. The Kier molecular flexibility index (Phi) is 4.21. The maximum absolute atomic E-state index is 12.1. The zero-order chi connectivity index (χ0) is 16.4. The first-order chi connectivity index (χ1) is 11.0. The fourth-order valence-corrected chi connectivity index (χ4v) is 3.63. The molecule has 124 valence electrons. The van der Waals surface area contributed by atoms with E-state index in [1.807, 2.05) is 6.92 Å². The molecule has 1 aromatic rings. The van der Waals surface area contributed by atoms with Crippen LogP contribution < -0.4 is 10.6 Å². The van der Waals surface area contributed by atoms with Gasteiger partial charge in [-0.3, -0.25) is 10.1 Å². The smallest absolute Gasteiger partial charge is 0.319 e. The first kappa shape index (κ1) is 15.7. The van der Waals surface area contributed by atoms with Gasteiger partial charge < -0.3 is 15.4 Å². The normalized spacial score (nSPS) is 24.4. The molecule has 7 heteroatoms. The summed E-state index contributed by atoms with van der Waals surface area (Å²) in [4.78, 5) is 22.3. The molecule has 0 aliphatic heterocycles. The number of nitrogens with zero attached hydrogens (tertiary/aromatic N) is 1. The third-order valence-electron chi connectivity index (χ3n) is 5.08. The van der Waals surface area contributed by atoms with Crippen LogP contribution in [0.4, 0.5) is 16.2 Å². The lowest BCUT2D eigenvalue weighted by molar-refractivity contribution is -0.384. The number of hydrogen-bond donors (Lipinski definition) is 2. The molecular formula is C16H21N3O4. The van der Waals surface area contributed by atoms with E-state index in [9.17, 15) is 14.9 Å². The molecule has 0 radical (unpaired) electrons. The van der Waals surface area contributed by atoms with E-state index >= 15 is 0 Å². The maximum atomic E-state index is 12.1. The van der Waals surface area contributed by atoms with Gasteiger partial charge in [-0.25, -0.2) is 4.79 Å². The first-order valence-corrected chi connectivity index (χ1v) is 7.99. The molecule has 2 amide bonds. The second-order valence-electron chi connectivity index (χ2n) is 6.22. The summed E-state index contributed by atoms with van der Waals surface area (Å²) in [6.45, 7) is 2.70. The number of rotatable bonds is 5. The van der Waals surface area contributed by atoms with E-state index in [-0.39, 0.29) is 29.3 Å². The van der Waals surface area contributed by atoms with Crippen molar-refractivity contribution < 1.29 is 14.5 Å². The molecule has 0 aromatic heterocycles. The number of hydrogen-bond acceptors (Lipinski definition) is 4. The van der Waals surface area contributed by atoms with Crippen molar-refractivity contribution in [2.75, 3.05) is 11.9 Å². The predicted molar refractivity (Wildman–Crippen MR) is 85.4 cm³/mol. The number of anilines is 1. The van der Waals surface area contributed by atoms with Crippen LogP contribution in [0.1, 0.15) is 32.6 Å². The highest BCUT2D eigenvalue weighted by Crippen LogP contribution is 2.57. The van der Waals surface area contributed by atoms with E-state index in [0.717, 1.165) is 19.3 Å². The van der Waals surface area contributed by atoms with Crippen LogP contribution in [0.3, 0.4) is 0 Å². The zero-order valence-electron chi connectivity index (χ0n) is 13.1. The van der Waals surface area contributed by atoms with Gasteiger partial charge in [0.1, 0.15) is 0 Å². The third-order valence-corrected chi connectivity index (χ3v) is 5.08. The lowest BCUT2D eigenvalue weighted by Gasteiger charge is -2.60. The highest BCUT2D eigenvalue weighted by molar-refractivity contribution is 5.89. The van der Waals surface area contributed by atoms with Crippen molar-refractivity contribution in [1.29, 1.82) is 0 Å². The Balaban J connectivity index is 1.55. The van der Waals surface area contributed by atoms with Crippen LogP contribution in [0.25, 0.3) is 0 Å². The number of carbonyl (C=O) groups excluding carboxylic acids is 1. The minimum atomic E-state index is -0.466. The topological polar surface area (TPSA) is 93.5 Å². The van der Waals surface area contributed by atoms with Gasteiger partial charge in [-0.1, -0.05) is 6.42 Å². The maximum Gasteiger partial charge on any atom is 0.319 e. The van der Waals surface area contributed by atoms with Crippen molar-refractivity contribution in [3.05, 3.63) is 34.4 Å². The Bertz CT molecular complexity index is 598. The lowest BCUT2D eigenvalue weighted by Crippen LogP contribution is -2.68. The van der Waals surface area contributed by atoms with Gasteiger partial charge in [-0.05, 0) is 38.3 Å². The van der Waals surface area contributed by atoms with Gasteiger partial charge in [0.05, 0.1) is 11.0 Å². The Hall–Kier alpha value is -2.15. The van der Waals surface area contributed by atoms with Crippen LogP contribution >= 0.6 is 0 Å². The standard InChI is InChI=1S/C16H21N3O4/c1-2-23-14-10-13(16(14)8-3-9-16)18-15(20)17-11-4-6-12(7-5-11)19(21)22/h4-7,13-14H,2-3,8-10H2,1H3,(H2,17,18,20). The van der Waals surface area contributed by atoms with Gasteiger partial charge in [-0.2, -0.15) is 0 Å². The van der Waals surface area contributed by atoms with Crippen LogP contribution in [0.5, 0.6) is 0 Å². The number of ether oxygens (including phenoxy) is 1. The SMILES string of the molecule is CCOC1CC(NC(=O)Nc2ccc([N+](=O)[O-])cc2)C12CCC2. The molecule has 7 nitrogen and oxygen atoms in total. The van der Waals surface area contributed by atoms with Gasteiger partial charge in [0.25, 0.3) is 5.69 Å². The number of nitro benzene ring substituents is 1. The van der Waals surface area contributed by atoms with Crippen molar-refractivity contribution in [3.63, 3.8) is 0 Å². The number of nitro groups is 1. The van der Waals surface area contributed by atoms with Crippen LogP contribution in [0.2, 0.25) is 0 Å². The molecule has 2 saturated carbocycles. The highest BCUT2D eigenvalue weighted by Gasteiger charge is 2.59. The summed E-state index contributed by atoms with van der Waals surface area (Å²) >= 11 is 0. The van der Waals surface area contributed by atoms with Gasteiger partial charge in [0, 0.05) is 35.9 Å². The molecule has 2 aliphatic carbocycles. The monoisotopic (exact) mass is 319 g/mol. The fourth-order valence-electron chi connectivity index (χ4n) is 3.63. The number of nitrogens with one attached hydrogen (secondary N) is 2. The zero-order valence-corrected chi connectivity index (χ0v) is 13.1. The summed E-state index contributed by atoms with van der Waals surface area (Å²) in [5.74, 6) is 0. The van der Waals surface area contributed by atoms with E-state index in [0.29, 0.717) is 12.3 Å². The molecule has 0 heterocycles. The molecule has 2 fully saturated rings. The average Bonchev–Trinajstić information content (AvgIpc) is 2.44. The molecule has 1 aromatic carbocycles. The molecule has 23 heavy (non-hydrogen) atoms. The van der Waals surface area contributed by atoms with Gasteiger partial charge in [0.15, 0.2) is 0 Å². The van der Waals surface area contributed by atoms with Crippen molar-refractivity contribution in [1.82, 2.24) is 5.32 Å². The molecule has 2 N–H and O–H groups in total. The summed E-state index contributed by atoms with van der Waals surface area (Å²) in [6.07, 6.45) is 4.49. The van der Waals surface area contributed by atoms with Crippen molar-refractivity contribution >= 4 is 17.4 Å². The minimum Gasteiger partial charge on any atom is -0.378 e. The molecule has 3 rings (SSSR count). The number of benzene rings is 1. The molecule has 2 aliphatic rings. The minimum absolute atomic E-state index is 0.00271. The largest absolute Gasteiger partial charge is 0.378 e. The van der Waals surface area contributed by atoms with Gasteiger partial charge >= 0.3 is 6.03 Å². The predicted octanol–water partition coefficient (Wildman–Crippen LogP) is 3.06. The second kappa shape index (κ2) is 6.16. The second-order valence-corrected chi connectivity index (χ2v) is 6.22. The van der Waals surface area contributed by atoms with Crippen LogP contribution in [-0.4, -0.2) is 29.7 Å². The van der Waals surface area contributed by atoms with Gasteiger partial charge in [-0.15, -0.1) is 0 Å². The third kappa shape index (κ3) is 2.88. The van der Waals surface area contributed by atoms with Crippen molar-refractivity contribution in [3.8, 4) is 0 Å². The van der Waals surface area contributed by atoms with Crippen LogP contribution in [0.15, 0.2) is 24.3 Å². The molecule has 0 saturated heterocycles. The fraction of sp³-hybridized carbons (Fsp3) is 0.562. The van der Waals surface area contributed by atoms with Crippen molar-refractivity contribution in [2.24, 2.45) is 5.41 Å². The first-order valence-electron chi connectivity index (χ1n) is 7.99. The van der Waals surface area contributed by atoms with Crippen molar-refractivity contribution in [2.45, 2.75) is 44.8 Å². The number of non-ortho nitro benzene ring substituents is 1. The molecule has 1 spiro atoms. The van der Waals surface area contributed by atoms with E-state index < -0.39 is 4.92 Å². The summed E-state index contributed by atoms with van der Waals surface area (Å²) in [6, 6.07) is 5.67. The molecule has 2 unspecified atom stereocenters. The Morgan fingerprint density at radius 2 is 2.09 bits per heavy atom. The summed E-state index contributed by atoms with van der Waals surface area (Å²) in [5, 5.41) is 16.4. The highest BCUT2D eigenvalue weighted by atomic mass is 16.6. The Morgan fingerprint density at radius 3 is 2.61 bits per heavy atom. The van der Waals surface area contributed by atoms with E-state index in [1.165, 1.54) is 30.7 Å². The number of carbonyl (C=O) groups is 1. The Labute approximate surface area is 134 Å².